The van der Waals surface area contributed by atoms with Crippen molar-refractivity contribution in [2.75, 3.05) is 19.0 Å². The van der Waals surface area contributed by atoms with Gasteiger partial charge in [-0.15, -0.1) is 11.3 Å². The third kappa shape index (κ3) is 4.29. The molecule has 0 unspecified atom stereocenters. The Morgan fingerprint density at radius 3 is 2.70 bits per heavy atom. The van der Waals surface area contributed by atoms with Gasteiger partial charge in [0.15, 0.2) is 5.13 Å². The number of benzene rings is 1. The van der Waals surface area contributed by atoms with Crippen LogP contribution in [-0.2, 0) is 4.79 Å². The molecular formula is C16H19N3O3S. The molecule has 6 nitrogen and oxygen atoms in total. The second-order valence-corrected chi connectivity index (χ2v) is 6.01. The molecule has 0 aliphatic rings. The summed E-state index contributed by atoms with van der Waals surface area (Å²) in [5.41, 5.74) is 0.436. The SMILES string of the molecule is COc1ccccc1C(=O)N(CC(=O)Nc1nccs1)C(C)C. The number of nitrogens with zero attached hydrogens (tertiary/aromatic N) is 2. The van der Waals surface area contributed by atoms with Gasteiger partial charge in [-0.3, -0.25) is 9.59 Å². The van der Waals surface area contributed by atoms with Gasteiger partial charge in [0.2, 0.25) is 5.91 Å². The molecule has 0 bridgehead atoms. The highest BCUT2D eigenvalue weighted by molar-refractivity contribution is 7.13. The van der Waals surface area contributed by atoms with Crippen LogP contribution in [-0.4, -0.2) is 41.4 Å². The fraction of sp³-hybridized carbons (Fsp3) is 0.312. The van der Waals surface area contributed by atoms with Gasteiger partial charge in [0.1, 0.15) is 12.3 Å². The van der Waals surface area contributed by atoms with Crippen LogP contribution in [0.1, 0.15) is 24.2 Å². The first kappa shape index (κ1) is 17.0. The summed E-state index contributed by atoms with van der Waals surface area (Å²) >= 11 is 1.33. The molecule has 0 aliphatic carbocycles. The molecule has 0 aliphatic heterocycles. The number of nitrogens with one attached hydrogen (secondary N) is 1. The maximum atomic E-state index is 12.8. The van der Waals surface area contributed by atoms with Gasteiger partial charge in [-0.1, -0.05) is 12.1 Å². The van der Waals surface area contributed by atoms with Gasteiger partial charge in [-0.2, -0.15) is 0 Å². The molecule has 1 N–H and O–H groups in total. The van der Waals surface area contributed by atoms with E-state index in [2.05, 4.69) is 10.3 Å². The molecule has 2 rings (SSSR count). The van der Waals surface area contributed by atoms with Crippen LogP contribution in [0.5, 0.6) is 5.75 Å². The zero-order valence-electron chi connectivity index (χ0n) is 13.3. The van der Waals surface area contributed by atoms with Gasteiger partial charge in [0.25, 0.3) is 5.91 Å². The predicted molar refractivity (Wildman–Crippen MR) is 89.9 cm³/mol. The van der Waals surface area contributed by atoms with E-state index < -0.39 is 0 Å². The molecule has 0 atom stereocenters. The van der Waals surface area contributed by atoms with Crippen molar-refractivity contribution in [3.63, 3.8) is 0 Å². The smallest absolute Gasteiger partial charge is 0.258 e. The first-order chi connectivity index (χ1) is 11.0. The van der Waals surface area contributed by atoms with E-state index in [1.807, 2.05) is 13.8 Å². The molecule has 1 aromatic carbocycles. The second-order valence-electron chi connectivity index (χ2n) is 5.11. The number of ether oxygens (including phenoxy) is 1. The maximum absolute atomic E-state index is 12.8. The molecule has 2 amide bonds. The van der Waals surface area contributed by atoms with Crippen LogP contribution in [0.25, 0.3) is 0 Å². The summed E-state index contributed by atoms with van der Waals surface area (Å²) in [6, 6.07) is 6.85. The van der Waals surface area contributed by atoms with Gasteiger partial charge in [0, 0.05) is 17.6 Å². The number of hydrogen-bond donors (Lipinski definition) is 1. The van der Waals surface area contributed by atoms with E-state index in [1.54, 1.807) is 35.8 Å². The predicted octanol–water partition coefficient (Wildman–Crippen LogP) is 2.64. The average molecular weight is 333 g/mol. The highest BCUT2D eigenvalue weighted by atomic mass is 32.1. The lowest BCUT2D eigenvalue weighted by atomic mass is 10.1. The van der Waals surface area contributed by atoms with Crippen molar-refractivity contribution in [2.45, 2.75) is 19.9 Å². The Balaban J connectivity index is 2.14. The van der Waals surface area contributed by atoms with Crippen LogP contribution in [0.4, 0.5) is 5.13 Å². The van der Waals surface area contributed by atoms with E-state index in [0.29, 0.717) is 16.4 Å². The van der Waals surface area contributed by atoms with Gasteiger partial charge < -0.3 is 15.0 Å². The first-order valence-corrected chi connectivity index (χ1v) is 8.04. The third-order valence-corrected chi connectivity index (χ3v) is 3.90. The topological polar surface area (TPSA) is 71.5 Å². The van der Waals surface area contributed by atoms with Crippen molar-refractivity contribution < 1.29 is 14.3 Å². The standard InChI is InChI=1S/C16H19N3O3S/c1-11(2)19(10-14(20)18-16-17-8-9-23-16)15(21)12-6-4-5-7-13(12)22-3/h4-9,11H,10H2,1-3H3,(H,17,18,20). The molecule has 0 radical (unpaired) electrons. The average Bonchev–Trinajstić information content (AvgIpc) is 3.04. The minimum absolute atomic E-state index is 0.0475. The number of para-hydroxylation sites is 1. The Labute approximate surface area is 139 Å². The van der Waals surface area contributed by atoms with Crippen LogP contribution in [0.2, 0.25) is 0 Å². The lowest BCUT2D eigenvalue weighted by molar-refractivity contribution is -0.117. The van der Waals surface area contributed by atoms with Crippen LogP contribution >= 0.6 is 11.3 Å². The molecule has 23 heavy (non-hydrogen) atoms. The third-order valence-electron chi connectivity index (χ3n) is 3.21. The number of amides is 2. The number of thiazole rings is 1. The minimum Gasteiger partial charge on any atom is -0.496 e. The molecule has 0 fully saturated rings. The normalized spacial score (nSPS) is 10.4. The van der Waals surface area contributed by atoms with E-state index >= 15 is 0 Å². The Morgan fingerprint density at radius 1 is 1.35 bits per heavy atom. The van der Waals surface area contributed by atoms with Crippen LogP contribution < -0.4 is 10.1 Å². The second kappa shape index (κ2) is 7.73. The van der Waals surface area contributed by atoms with Crippen molar-refractivity contribution in [1.82, 2.24) is 9.88 Å². The quantitative estimate of drug-likeness (QED) is 0.882. The highest BCUT2D eigenvalue weighted by Crippen LogP contribution is 2.20. The summed E-state index contributed by atoms with van der Waals surface area (Å²) in [6.45, 7) is 3.68. The summed E-state index contributed by atoms with van der Waals surface area (Å²) < 4.78 is 5.23. The van der Waals surface area contributed by atoms with Crippen molar-refractivity contribution in [3.8, 4) is 5.75 Å². The summed E-state index contributed by atoms with van der Waals surface area (Å²) in [4.78, 5) is 30.4. The van der Waals surface area contributed by atoms with Gasteiger partial charge >= 0.3 is 0 Å². The highest BCUT2D eigenvalue weighted by Gasteiger charge is 2.24. The number of carbonyl (C=O) groups is 2. The number of anilines is 1. The largest absolute Gasteiger partial charge is 0.496 e. The zero-order chi connectivity index (χ0) is 16.8. The number of rotatable bonds is 6. The van der Waals surface area contributed by atoms with Gasteiger partial charge in [0.05, 0.1) is 12.7 Å². The van der Waals surface area contributed by atoms with Gasteiger partial charge in [-0.25, -0.2) is 4.98 Å². The van der Waals surface area contributed by atoms with Crippen LogP contribution in [0.3, 0.4) is 0 Å². The van der Waals surface area contributed by atoms with Crippen molar-refractivity contribution in [2.24, 2.45) is 0 Å². The van der Waals surface area contributed by atoms with Gasteiger partial charge in [-0.05, 0) is 26.0 Å². The molecule has 7 heteroatoms. The Bertz CT molecular complexity index is 671. The Hall–Kier alpha value is -2.41. The summed E-state index contributed by atoms with van der Waals surface area (Å²) in [7, 11) is 1.51. The summed E-state index contributed by atoms with van der Waals surface area (Å²) in [5, 5.41) is 4.98. The minimum atomic E-state index is -0.281. The number of aromatic nitrogens is 1. The van der Waals surface area contributed by atoms with E-state index in [0.717, 1.165) is 0 Å². The number of methoxy groups -OCH3 is 1. The zero-order valence-corrected chi connectivity index (χ0v) is 14.1. The summed E-state index contributed by atoms with van der Waals surface area (Å²) in [6.07, 6.45) is 1.61. The molecule has 2 aromatic rings. The monoisotopic (exact) mass is 333 g/mol. The molecule has 1 aromatic heterocycles. The van der Waals surface area contributed by atoms with Crippen LogP contribution in [0, 0.1) is 0 Å². The molecular weight excluding hydrogens is 314 g/mol. The van der Waals surface area contributed by atoms with Crippen molar-refractivity contribution in [3.05, 3.63) is 41.4 Å². The van der Waals surface area contributed by atoms with E-state index in [-0.39, 0.29) is 24.4 Å². The molecule has 0 spiro atoms. The molecule has 0 saturated heterocycles. The van der Waals surface area contributed by atoms with E-state index in [1.165, 1.54) is 23.3 Å². The van der Waals surface area contributed by atoms with E-state index in [9.17, 15) is 9.59 Å². The Morgan fingerprint density at radius 2 is 2.09 bits per heavy atom. The molecule has 122 valence electrons. The molecule has 1 heterocycles. The first-order valence-electron chi connectivity index (χ1n) is 7.16. The fourth-order valence-electron chi connectivity index (χ4n) is 2.06. The fourth-order valence-corrected chi connectivity index (χ4v) is 2.61. The van der Waals surface area contributed by atoms with Crippen molar-refractivity contribution in [1.29, 1.82) is 0 Å². The Kier molecular flexibility index (Phi) is 5.70. The van der Waals surface area contributed by atoms with Crippen LogP contribution in [0.15, 0.2) is 35.8 Å². The van der Waals surface area contributed by atoms with Crippen molar-refractivity contribution >= 4 is 28.3 Å². The van der Waals surface area contributed by atoms with E-state index in [4.69, 9.17) is 4.74 Å². The maximum Gasteiger partial charge on any atom is 0.258 e. The lowest BCUT2D eigenvalue weighted by Crippen LogP contribution is -2.42. The molecule has 0 saturated carbocycles. The number of carbonyl (C=O) groups excluding carboxylic acids is 2. The lowest BCUT2D eigenvalue weighted by Gasteiger charge is -2.26. The number of hydrogen-bond acceptors (Lipinski definition) is 5. The summed E-state index contributed by atoms with van der Waals surface area (Å²) in [5.74, 6) is -0.0351.